The lowest BCUT2D eigenvalue weighted by Gasteiger charge is -1.96. The molecule has 2 rings (SSSR count). The molecule has 0 fully saturated rings. The number of hydrogen-bond donors (Lipinski definition) is 1. The van der Waals surface area contributed by atoms with Crippen LogP contribution in [0, 0.1) is 0 Å². The summed E-state index contributed by atoms with van der Waals surface area (Å²) in [5.74, 6) is 1.36. The Balaban J connectivity index is 2.54. The molecule has 1 aromatic heterocycles. The quantitative estimate of drug-likeness (QED) is 0.794. The van der Waals surface area contributed by atoms with Gasteiger partial charge in [-0.15, -0.1) is 0 Å². The first-order valence-electron chi connectivity index (χ1n) is 4.46. The summed E-state index contributed by atoms with van der Waals surface area (Å²) in [5.41, 5.74) is 0.765. The van der Waals surface area contributed by atoms with E-state index in [0.717, 1.165) is 16.7 Å². The van der Waals surface area contributed by atoms with Gasteiger partial charge < -0.3 is 14.3 Å². The number of aliphatic hydroxyl groups excluding tert-OH is 1. The Kier molecular flexibility index (Phi) is 2.17. The first-order chi connectivity index (χ1) is 6.70. The largest absolute Gasteiger partial charge is 0.497 e. The third-order valence-electron chi connectivity index (χ3n) is 2.15. The minimum atomic E-state index is -0.576. The molecule has 3 nitrogen and oxygen atoms in total. The number of aliphatic hydroxyl groups is 1. The Morgan fingerprint density at radius 2 is 2.14 bits per heavy atom. The zero-order valence-electron chi connectivity index (χ0n) is 8.15. The van der Waals surface area contributed by atoms with Crippen LogP contribution in [0.1, 0.15) is 18.8 Å². The molecular formula is C11H12O3. The monoisotopic (exact) mass is 192 g/mol. The van der Waals surface area contributed by atoms with Gasteiger partial charge in [0.2, 0.25) is 0 Å². The number of furan rings is 1. The number of hydrogen-bond acceptors (Lipinski definition) is 3. The van der Waals surface area contributed by atoms with E-state index in [0.29, 0.717) is 5.76 Å². The van der Waals surface area contributed by atoms with E-state index < -0.39 is 6.10 Å². The molecule has 3 heteroatoms. The maximum absolute atomic E-state index is 9.33. The summed E-state index contributed by atoms with van der Waals surface area (Å²) >= 11 is 0. The molecule has 1 unspecified atom stereocenters. The summed E-state index contributed by atoms with van der Waals surface area (Å²) in [4.78, 5) is 0. The van der Waals surface area contributed by atoms with Crippen LogP contribution < -0.4 is 4.74 Å². The van der Waals surface area contributed by atoms with Crippen molar-refractivity contribution in [1.82, 2.24) is 0 Å². The van der Waals surface area contributed by atoms with Crippen molar-refractivity contribution >= 4 is 11.0 Å². The summed E-state index contributed by atoms with van der Waals surface area (Å²) in [6.07, 6.45) is -0.576. The first-order valence-corrected chi connectivity index (χ1v) is 4.46. The summed E-state index contributed by atoms with van der Waals surface area (Å²) in [5, 5.41) is 10.3. The third-order valence-corrected chi connectivity index (χ3v) is 2.15. The second-order valence-corrected chi connectivity index (χ2v) is 3.23. The number of methoxy groups -OCH3 is 1. The zero-order valence-corrected chi connectivity index (χ0v) is 8.15. The smallest absolute Gasteiger partial charge is 0.134 e. The molecule has 0 radical (unpaired) electrons. The maximum atomic E-state index is 9.33. The molecule has 1 atom stereocenters. The average molecular weight is 192 g/mol. The van der Waals surface area contributed by atoms with E-state index in [1.807, 2.05) is 24.3 Å². The van der Waals surface area contributed by atoms with Crippen molar-refractivity contribution in [2.24, 2.45) is 0 Å². The van der Waals surface area contributed by atoms with Crippen molar-refractivity contribution in [2.75, 3.05) is 7.11 Å². The van der Waals surface area contributed by atoms with Gasteiger partial charge in [0.25, 0.3) is 0 Å². The van der Waals surface area contributed by atoms with Crippen LogP contribution in [0.25, 0.3) is 11.0 Å². The normalized spacial score (nSPS) is 13.1. The van der Waals surface area contributed by atoms with Gasteiger partial charge in [0.1, 0.15) is 23.2 Å². The Bertz CT molecular complexity index is 443. The number of ether oxygens (including phenoxy) is 1. The van der Waals surface area contributed by atoms with Crippen LogP contribution in [-0.4, -0.2) is 12.2 Å². The highest BCUT2D eigenvalue weighted by molar-refractivity contribution is 5.79. The topological polar surface area (TPSA) is 42.6 Å². The van der Waals surface area contributed by atoms with Gasteiger partial charge in [0, 0.05) is 5.39 Å². The molecular weight excluding hydrogens is 180 g/mol. The molecule has 0 amide bonds. The van der Waals surface area contributed by atoms with Crippen molar-refractivity contribution in [1.29, 1.82) is 0 Å². The second kappa shape index (κ2) is 3.35. The van der Waals surface area contributed by atoms with Gasteiger partial charge in [-0.3, -0.25) is 0 Å². The minimum absolute atomic E-state index is 0.576. The van der Waals surface area contributed by atoms with Crippen LogP contribution in [0.4, 0.5) is 0 Å². The average Bonchev–Trinajstić information content (AvgIpc) is 2.59. The second-order valence-electron chi connectivity index (χ2n) is 3.23. The van der Waals surface area contributed by atoms with E-state index in [4.69, 9.17) is 9.15 Å². The van der Waals surface area contributed by atoms with E-state index in [9.17, 15) is 5.11 Å². The molecule has 2 aromatic rings. The molecule has 0 saturated heterocycles. The molecule has 74 valence electrons. The fourth-order valence-corrected chi connectivity index (χ4v) is 1.37. The van der Waals surface area contributed by atoms with Crippen molar-refractivity contribution in [3.63, 3.8) is 0 Å². The standard InChI is InChI=1S/C11H12O3/c1-7(12)11-6-8-5-9(13-2)3-4-10(8)14-11/h3-7,12H,1-2H3. The lowest BCUT2D eigenvalue weighted by atomic mass is 10.2. The zero-order chi connectivity index (χ0) is 10.1. The van der Waals surface area contributed by atoms with Crippen molar-refractivity contribution < 1.29 is 14.3 Å². The van der Waals surface area contributed by atoms with E-state index in [1.54, 1.807) is 14.0 Å². The summed E-state index contributed by atoms with van der Waals surface area (Å²) in [7, 11) is 1.62. The van der Waals surface area contributed by atoms with Crippen molar-refractivity contribution in [2.45, 2.75) is 13.0 Å². The molecule has 1 heterocycles. The maximum Gasteiger partial charge on any atom is 0.134 e. The summed E-state index contributed by atoms with van der Waals surface area (Å²) in [6, 6.07) is 7.37. The molecule has 0 aliphatic carbocycles. The van der Waals surface area contributed by atoms with E-state index >= 15 is 0 Å². The highest BCUT2D eigenvalue weighted by Gasteiger charge is 2.08. The van der Waals surface area contributed by atoms with Gasteiger partial charge in [-0.1, -0.05) is 0 Å². The predicted molar refractivity (Wildman–Crippen MR) is 53.4 cm³/mol. The minimum Gasteiger partial charge on any atom is -0.497 e. The fourth-order valence-electron chi connectivity index (χ4n) is 1.37. The summed E-state index contributed by atoms with van der Waals surface area (Å²) < 4.78 is 10.5. The number of rotatable bonds is 2. The lowest BCUT2D eigenvalue weighted by molar-refractivity contribution is 0.172. The van der Waals surface area contributed by atoms with Crippen LogP contribution in [0.15, 0.2) is 28.7 Å². The van der Waals surface area contributed by atoms with Gasteiger partial charge in [-0.2, -0.15) is 0 Å². The van der Waals surface area contributed by atoms with Crippen LogP contribution in [0.3, 0.4) is 0 Å². The summed E-state index contributed by atoms with van der Waals surface area (Å²) in [6.45, 7) is 1.68. The van der Waals surface area contributed by atoms with Crippen molar-refractivity contribution in [3.8, 4) is 5.75 Å². The lowest BCUT2D eigenvalue weighted by Crippen LogP contribution is -1.85. The number of benzene rings is 1. The number of fused-ring (bicyclic) bond motifs is 1. The molecule has 1 N–H and O–H groups in total. The molecule has 0 aliphatic rings. The van der Waals surface area contributed by atoms with Crippen molar-refractivity contribution in [3.05, 3.63) is 30.0 Å². The van der Waals surface area contributed by atoms with E-state index in [2.05, 4.69) is 0 Å². The van der Waals surface area contributed by atoms with Gasteiger partial charge >= 0.3 is 0 Å². The van der Waals surface area contributed by atoms with Crippen LogP contribution >= 0.6 is 0 Å². The predicted octanol–water partition coefficient (Wildman–Crippen LogP) is 2.49. The first kappa shape index (κ1) is 9.09. The molecule has 0 bridgehead atoms. The SMILES string of the molecule is COc1ccc2oc(C(C)O)cc2c1. The highest BCUT2D eigenvalue weighted by Crippen LogP contribution is 2.26. The molecule has 0 aliphatic heterocycles. The Hall–Kier alpha value is -1.48. The van der Waals surface area contributed by atoms with Gasteiger partial charge in [-0.05, 0) is 31.2 Å². The molecule has 0 spiro atoms. The van der Waals surface area contributed by atoms with Gasteiger partial charge in [0.15, 0.2) is 0 Å². The van der Waals surface area contributed by atoms with Gasteiger partial charge in [0.05, 0.1) is 7.11 Å². The Morgan fingerprint density at radius 1 is 1.36 bits per heavy atom. The Morgan fingerprint density at radius 3 is 2.79 bits per heavy atom. The van der Waals surface area contributed by atoms with Crippen LogP contribution in [0.5, 0.6) is 5.75 Å². The molecule has 14 heavy (non-hydrogen) atoms. The fraction of sp³-hybridized carbons (Fsp3) is 0.273. The highest BCUT2D eigenvalue weighted by atomic mass is 16.5. The Labute approximate surface area is 81.9 Å². The van der Waals surface area contributed by atoms with Crippen LogP contribution in [-0.2, 0) is 0 Å². The third kappa shape index (κ3) is 1.46. The van der Waals surface area contributed by atoms with E-state index in [-0.39, 0.29) is 0 Å². The molecule has 1 aromatic carbocycles. The molecule has 0 saturated carbocycles. The van der Waals surface area contributed by atoms with Crippen LogP contribution in [0.2, 0.25) is 0 Å². The van der Waals surface area contributed by atoms with Gasteiger partial charge in [-0.25, -0.2) is 0 Å². The van der Waals surface area contributed by atoms with E-state index in [1.165, 1.54) is 0 Å².